The molecule has 1 fully saturated rings. The lowest BCUT2D eigenvalue weighted by molar-refractivity contribution is -0.129. The average Bonchev–Trinajstić information content (AvgIpc) is 3.46. The second-order valence-electron chi connectivity index (χ2n) is 9.57. The van der Waals surface area contributed by atoms with E-state index in [1.165, 1.54) is 0 Å². The maximum atomic E-state index is 12.2. The number of aliphatic hydroxyl groups is 2. The first kappa shape index (κ1) is 23.2. The van der Waals surface area contributed by atoms with Crippen LogP contribution >= 0.6 is 0 Å². The number of aryl methyl sites for hydroxylation is 1. The molecule has 0 atom stereocenters. The quantitative estimate of drug-likeness (QED) is 0.421. The van der Waals surface area contributed by atoms with Gasteiger partial charge in [0, 0.05) is 45.2 Å². The molecule has 5 rings (SSSR count). The van der Waals surface area contributed by atoms with Gasteiger partial charge in [0.15, 0.2) is 5.65 Å². The van der Waals surface area contributed by atoms with Gasteiger partial charge in [-0.15, -0.1) is 0 Å². The van der Waals surface area contributed by atoms with Gasteiger partial charge in [-0.3, -0.25) is 4.79 Å². The molecule has 35 heavy (non-hydrogen) atoms. The van der Waals surface area contributed by atoms with Gasteiger partial charge in [0.05, 0.1) is 36.9 Å². The van der Waals surface area contributed by atoms with Gasteiger partial charge >= 0.3 is 0 Å². The van der Waals surface area contributed by atoms with E-state index in [2.05, 4.69) is 14.9 Å². The van der Waals surface area contributed by atoms with Gasteiger partial charge in [-0.1, -0.05) is 6.07 Å². The standard InChI is InChI=1S/C24H30N8O3/c1-29(2)19(35)11-32-15-25-17-10-16(4-5-18(17)32)20-21-22(30(3)14-26-21)28-23(27-20)31-8-6-24(12-33,13-34)7-9-31/h4-5,10,14-15,33-34H,6-9,11-13H2,1-3H3. The number of imidazole rings is 2. The maximum Gasteiger partial charge on any atom is 0.242 e. The van der Waals surface area contributed by atoms with Gasteiger partial charge in [0.1, 0.15) is 17.8 Å². The lowest BCUT2D eigenvalue weighted by Gasteiger charge is -2.39. The number of aliphatic hydroxyl groups excluding tert-OH is 2. The largest absolute Gasteiger partial charge is 0.396 e. The minimum atomic E-state index is -0.451. The van der Waals surface area contributed by atoms with Crippen molar-refractivity contribution in [2.75, 3.05) is 45.3 Å². The zero-order chi connectivity index (χ0) is 24.7. The number of carbonyl (C=O) groups is 1. The van der Waals surface area contributed by atoms with Gasteiger partial charge < -0.3 is 29.1 Å². The lowest BCUT2D eigenvalue weighted by atomic mass is 9.80. The van der Waals surface area contributed by atoms with Crippen molar-refractivity contribution in [3.8, 4) is 11.3 Å². The number of hydrogen-bond donors (Lipinski definition) is 2. The highest BCUT2D eigenvalue weighted by molar-refractivity contribution is 5.92. The third-order valence-corrected chi connectivity index (χ3v) is 7.02. The number of fused-ring (bicyclic) bond motifs is 2. The summed E-state index contributed by atoms with van der Waals surface area (Å²) in [6.07, 6.45) is 4.74. The predicted molar refractivity (Wildman–Crippen MR) is 132 cm³/mol. The topological polar surface area (TPSA) is 125 Å². The summed E-state index contributed by atoms with van der Waals surface area (Å²) >= 11 is 0. The molecule has 1 aliphatic heterocycles. The molecule has 1 aliphatic rings. The van der Waals surface area contributed by atoms with Crippen LogP contribution < -0.4 is 4.90 Å². The number of anilines is 1. The second kappa shape index (κ2) is 8.90. The third kappa shape index (κ3) is 4.10. The van der Waals surface area contributed by atoms with Crippen LogP contribution in [0.15, 0.2) is 30.9 Å². The predicted octanol–water partition coefficient (Wildman–Crippen LogP) is 1.04. The fourth-order valence-corrected chi connectivity index (χ4v) is 4.51. The Hall–Kier alpha value is -3.57. The molecular weight excluding hydrogens is 448 g/mol. The molecule has 0 bridgehead atoms. The molecule has 0 aliphatic carbocycles. The van der Waals surface area contributed by atoms with Crippen molar-refractivity contribution in [3.63, 3.8) is 0 Å². The fraction of sp³-hybridized carbons (Fsp3) is 0.458. The van der Waals surface area contributed by atoms with Crippen LogP contribution in [-0.2, 0) is 18.4 Å². The van der Waals surface area contributed by atoms with Gasteiger partial charge in [-0.25, -0.2) is 15.0 Å². The van der Waals surface area contributed by atoms with E-state index in [4.69, 9.17) is 9.97 Å². The molecule has 3 aromatic heterocycles. The van der Waals surface area contributed by atoms with Crippen LogP contribution in [0.3, 0.4) is 0 Å². The van der Waals surface area contributed by atoms with Crippen LogP contribution in [0.4, 0.5) is 5.95 Å². The normalized spacial score (nSPS) is 15.7. The SMILES string of the molecule is CN(C)C(=O)Cn1cnc2cc(-c3nc(N4CCC(CO)(CO)CC4)nc4c3ncn4C)ccc21. The third-order valence-electron chi connectivity index (χ3n) is 7.02. The van der Waals surface area contributed by atoms with Gasteiger partial charge in [-0.2, -0.15) is 4.98 Å². The van der Waals surface area contributed by atoms with Gasteiger partial charge in [-0.05, 0) is 25.0 Å². The van der Waals surface area contributed by atoms with E-state index in [1.54, 1.807) is 31.6 Å². The number of likely N-dealkylation sites (N-methyl/N-ethyl adjacent to an activating group) is 1. The minimum absolute atomic E-state index is 0.00282. The Morgan fingerprint density at radius 1 is 1.09 bits per heavy atom. The van der Waals surface area contributed by atoms with Crippen LogP contribution in [0.2, 0.25) is 0 Å². The summed E-state index contributed by atoms with van der Waals surface area (Å²) in [5.74, 6) is 0.597. The van der Waals surface area contributed by atoms with E-state index < -0.39 is 5.41 Å². The highest BCUT2D eigenvalue weighted by atomic mass is 16.3. The van der Waals surface area contributed by atoms with Gasteiger partial charge in [0.25, 0.3) is 0 Å². The van der Waals surface area contributed by atoms with Crippen molar-refractivity contribution in [3.05, 3.63) is 30.9 Å². The molecule has 0 spiro atoms. The first-order valence-electron chi connectivity index (χ1n) is 11.7. The summed E-state index contributed by atoms with van der Waals surface area (Å²) in [4.78, 5) is 34.6. The molecule has 1 aromatic carbocycles. The van der Waals surface area contributed by atoms with E-state index in [1.807, 2.05) is 34.4 Å². The number of hydrogen-bond acceptors (Lipinski definition) is 8. The highest BCUT2D eigenvalue weighted by Crippen LogP contribution is 2.34. The monoisotopic (exact) mass is 478 g/mol. The molecule has 0 unspecified atom stereocenters. The first-order chi connectivity index (χ1) is 16.8. The number of benzene rings is 1. The Kier molecular flexibility index (Phi) is 5.89. The molecule has 2 N–H and O–H groups in total. The minimum Gasteiger partial charge on any atom is -0.396 e. The van der Waals surface area contributed by atoms with E-state index in [-0.39, 0.29) is 25.7 Å². The Labute approximate surface area is 202 Å². The summed E-state index contributed by atoms with van der Waals surface area (Å²) < 4.78 is 3.71. The van der Waals surface area contributed by atoms with Crippen molar-refractivity contribution >= 4 is 34.1 Å². The zero-order valence-corrected chi connectivity index (χ0v) is 20.2. The molecule has 0 radical (unpaired) electrons. The van der Waals surface area contributed by atoms with Crippen molar-refractivity contribution < 1.29 is 15.0 Å². The number of rotatable bonds is 6. The van der Waals surface area contributed by atoms with Crippen molar-refractivity contribution in [1.82, 2.24) is 34.0 Å². The van der Waals surface area contributed by atoms with E-state index in [0.29, 0.717) is 43.1 Å². The van der Waals surface area contributed by atoms with Crippen LogP contribution in [0.5, 0.6) is 0 Å². The maximum absolute atomic E-state index is 12.2. The molecule has 0 saturated carbocycles. The Morgan fingerprint density at radius 3 is 2.51 bits per heavy atom. The summed E-state index contributed by atoms with van der Waals surface area (Å²) in [5.41, 5.74) is 4.21. The van der Waals surface area contributed by atoms with Crippen molar-refractivity contribution in [2.45, 2.75) is 19.4 Å². The summed E-state index contributed by atoms with van der Waals surface area (Å²) in [6.45, 7) is 1.46. The second-order valence-corrected chi connectivity index (χ2v) is 9.57. The first-order valence-corrected chi connectivity index (χ1v) is 11.7. The van der Waals surface area contributed by atoms with Crippen LogP contribution in [-0.4, -0.2) is 90.5 Å². The van der Waals surface area contributed by atoms with E-state index in [9.17, 15) is 15.0 Å². The smallest absolute Gasteiger partial charge is 0.242 e. The van der Waals surface area contributed by atoms with E-state index in [0.717, 1.165) is 22.2 Å². The summed E-state index contributed by atoms with van der Waals surface area (Å²) in [5, 5.41) is 19.5. The number of aromatic nitrogens is 6. The summed E-state index contributed by atoms with van der Waals surface area (Å²) in [7, 11) is 5.38. The Balaban J connectivity index is 1.52. The Morgan fingerprint density at radius 2 is 1.83 bits per heavy atom. The molecule has 4 aromatic rings. The van der Waals surface area contributed by atoms with Crippen LogP contribution in [0.25, 0.3) is 33.5 Å². The molecule has 1 amide bonds. The van der Waals surface area contributed by atoms with Crippen molar-refractivity contribution in [1.29, 1.82) is 0 Å². The zero-order valence-electron chi connectivity index (χ0n) is 20.2. The number of nitrogens with zero attached hydrogens (tertiary/aromatic N) is 8. The summed E-state index contributed by atoms with van der Waals surface area (Å²) in [6, 6.07) is 5.89. The van der Waals surface area contributed by atoms with Gasteiger partial charge in [0.2, 0.25) is 11.9 Å². The number of amides is 1. The molecule has 4 heterocycles. The lowest BCUT2D eigenvalue weighted by Crippen LogP contribution is -2.44. The molecular formula is C24H30N8O3. The molecule has 1 saturated heterocycles. The fourth-order valence-electron chi connectivity index (χ4n) is 4.51. The van der Waals surface area contributed by atoms with Crippen LogP contribution in [0.1, 0.15) is 12.8 Å². The van der Waals surface area contributed by atoms with Crippen LogP contribution in [0, 0.1) is 5.41 Å². The van der Waals surface area contributed by atoms with Crippen molar-refractivity contribution in [2.24, 2.45) is 12.5 Å². The van der Waals surface area contributed by atoms with E-state index >= 15 is 0 Å². The Bertz CT molecular complexity index is 1380. The molecule has 184 valence electrons. The number of piperidine rings is 1. The highest BCUT2D eigenvalue weighted by Gasteiger charge is 2.34. The molecule has 11 heteroatoms. The number of carbonyl (C=O) groups excluding carboxylic acids is 1. The average molecular weight is 479 g/mol. The molecule has 11 nitrogen and oxygen atoms in total.